The van der Waals surface area contributed by atoms with E-state index in [4.69, 9.17) is 5.73 Å². The smallest absolute Gasteiger partial charge is 0.276 e. The fourth-order valence-corrected chi connectivity index (χ4v) is 4.45. The number of nitrogens with two attached hydrogens (primary N) is 1. The first kappa shape index (κ1) is 15.8. The second-order valence-electron chi connectivity index (χ2n) is 5.36. The number of amides is 1. The van der Waals surface area contributed by atoms with Crippen LogP contribution in [0.15, 0.2) is 0 Å². The number of rotatable bonds is 5. The molecule has 1 saturated heterocycles. The molecule has 7 nitrogen and oxygen atoms in total. The third-order valence-corrected chi connectivity index (χ3v) is 5.59. The number of sulfone groups is 1. The molecular weight excluding hydrogens is 292 g/mol. The Hall–Kier alpha value is -1.57. The van der Waals surface area contributed by atoms with Gasteiger partial charge in [-0.05, 0) is 19.8 Å². The van der Waals surface area contributed by atoms with E-state index in [1.54, 1.807) is 4.90 Å². The minimum Gasteiger partial charge on any atom is -0.395 e. The minimum absolute atomic E-state index is 0.0265. The Labute approximate surface area is 124 Å². The second kappa shape index (κ2) is 6.05. The number of aromatic nitrogens is 2. The molecule has 3 N–H and O–H groups in total. The van der Waals surface area contributed by atoms with Crippen LogP contribution in [-0.2, 0) is 16.3 Å². The number of nitrogens with one attached hydrogen (secondary N) is 1. The van der Waals surface area contributed by atoms with Gasteiger partial charge < -0.3 is 10.6 Å². The summed E-state index contributed by atoms with van der Waals surface area (Å²) in [6.45, 7) is 4.29. The molecule has 1 unspecified atom stereocenters. The molecule has 1 amide bonds. The highest BCUT2D eigenvalue weighted by Gasteiger charge is 2.35. The molecule has 0 bridgehead atoms. The first-order valence-electron chi connectivity index (χ1n) is 7.23. The van der Waals surface area contributed by atoms with Gasteiger partial charge in [-0.2, -0.15) is 5.10 Å². The van der Waals surface area contributed by atoms with Crippen LogP contribution in [0.1, 0.15) is 42.9 Å². The lowest BCUT2D eigenvalue weighted by atomic mass is 10.1. The summed E-state index contributed by atoms with van der Waals surface area (Å²) in [5.74, 6) is -0.132. The molecule has 21 heavy (non-hydrogen) atoms. The number of nitrogen functional groups attached to an aromatic ring is 1. The zero-order valence-electron chi connectivity index (χ0n) is 12.4. The van der Waals surface area contributed by atoms with Gasteiger partial charge in [0.25, 0.3) is 5.91 Å². The molecule has 1 aliphatic heterocycles. The monoisotopic (exact) mass is 314 g/mol. The molecule has 0 aliphatic carbocycles. The van der Waals surface area contributed by atoms with Crippen LogP contribution in [0.5, 0.6) is 0 Å². The first-order chi connectivity index (χ1) is 9.89. The van der Waals surface area contributed by atoms with Gasteiger partial charge in [0, 0.05) is 12.6 Å². The van der Waals surface area contributed by atoms with Gasteiger partial charge in [0.05, 0.1) is 22.9 Å². The van der Waals surface area contributed by atoms with E-state index in [1.165, 1.54) is 0 Å². The van der Waals surface area contributed by atoms with E-state index in [1.807, 2.05) is 13.8 Å². The molecule has 2 heterocycles. The van der Waals surface area contributed by atoms with Crippen molar-refractivity contribution in [3.63, 3.8) is 0 Å². The quantitative estimate of drug-likeness (QED) is 0.827. The van der Waals surface area contributed by atoms with Gasteiger partial charge in [-0.25, -0.2) is 8.42 Å². The van der Waals surface area contributed by atoms with E-state index in [0.717, 1.165) is 18.5 Å². The topological polar surface area (TPSA) is 109 Å². The Balaban J connectivity index is 2.21. The Morgan fingerprint density at radius 2 is 2.19 bits per heavy atom. The van der Waals surface area contributed by atoms with Crippen molar-refractivity contribution in [1.82, 2.24) is 15.1 Å². The lowest BCUT2D eigenvalue weighted by Gasteiger charge is -2.26. The van der Waals surface area contributed by atoms with Gasteiger partial charge in [-0.1, -0.05) is 13.3 Å². The molecule has 0 spiro atoms. The molecule has 0 aromatic carbocycles. The van der Waals surface area contributed by atoms with E-state index in [0.29, 0.717) is 18.7 Å². The van der Waals surface area contributed by atoms with Crippen LogP contribution in [0.4, 0.5) is 5.69 Å². The Morgan fingerprint density at radius 3 is 2.71 bits per heavy atom. The molecule has 1 aromatic rings. The van der Waals surface area contributed by atoms with Crippen molar-refractivity contribution in [1.29, 1.82) is 0 Å². The van der Waals surface area contributed by atoms with Crippen LogP contribution in [0.3, 0.4) is 0 Å². The van der Waals surface area contributed by atoms with Gasteiger partial charge in [-0.3, -0.25) is 9.89 Å². The van der Waals surface area contributed by atoms with Crippen molar-refractivity contribution in [2.45, 2.75) is 39.2 Å². The highest BCUT2D eigenvalue weighted by molar-refractivity contribution is 7.91. The van der Waals surface area contributed by atoms with Crippen molar-refractivity contribution in [2.75, 3.05) is 23.8 Å². The summed E-state index contributed by atoms with van der Waals surface area (Å²) in [5, 5.41) is 6.82. The second-order valence-corrected chi connectivity index (χ2v) is 7.59. The van der Waals surface area contributed by atoms with Crippen LogP contribution in [-0.4, -0.2) is 53.5 Å². The van der Waals surface area contributed by atoms with Gasteiger partial charge in [0.15, 0.2) is 15.5 Å². The number of hydrogen-bond donors (Lipinski definition) is 2. The lowest BCUT2D eigenvalue weighted by molar-refractivity contribution is 0.0703. The molecular formula is C13H22N4O3S. The summed E-state index contributed by atoms with van der Waals surface area (Å²) in [7, 11) is -3.03. The number of nitrogens with zero attached hydrogens (tertiary/aromatic N) is 2. The Kier molecular flexibility index (Phi) is 4.55. The van der Waals surface area contributed by atoms with Gasteiger partial charge in [0.2, 0.25) is 0 Å². The molecule has 1 fully saturated rings. The van der Waals surface area contributed by atoms with Gasteiger partial charge >= 0.3 is 0 Å². The van der Waals surface area contributed by atoms with Crippen LogP contribution in [0.2, 0.25) is 0 Å². The number of hydrogen-bond acceptors (Lipinski definition) is 5. The molecule has 1 aliphatic rings. The van der Waals surface area contributed by atoms with Crippen molar-refractivity contribution < 1.29 is 13.2 Å². The summed E-state index contributed by atoms with van der Waals surface area (Å²) >= 11 is 0. The number of anilines is 1. The average Bonchev–Trinajstić information content (AvgIpc) is 2.95. The molecule has 1 atom stereocenters. The fraction of sp³-hybridized carbons (Fsp3) is 0.692. The summed E-state index contributed by atoms with van der Waals surface area (Å²) in [6, 6.07) is -0.279. The zero-order valence-corrected chi connectivity index (χ0v) is 13.2. The summed E-state index contributed by atoms with van der Waals surface area (Å²) in [5.41, 5.74) is 7.31. The zero-order chi connectivity index (χ0) is 15.6. The van der Waals surface area contributed by atoms with E-state index >= 15 is 0 Å². The molecule has 118 valence electrons. The van der Waals surface area contributed by atoms with Crippen molar-refractivity contribution in [3.05, 3.63) is 11.4 Å². The molecule has 0 radical (unpaired) electrons. The lowest BCUT2D eigenvalue weighted by Crippen LogP contribution is -2.41. The van der Waals surface area contributed by atoms with Crippen LogP contribution in [0, 0.1) is 0 Å². The highest BCUT2D eigenvalue weighted by atomic mass is 32.2. The van der Waals surface area contributed by atoms with Crippen LogP contribution in [0.25, 0.3) is 0 Å². The van der Waals surface area contributed by atoms with Crippen LogP contribution < -0.4 is 5.73 Å². The standard InChI is InChI=1S/C13H22N4O3S/c1-3-5-10-11(14)12(16-15-10)13(18)17(4-2)9-6-7-21(19,20)8-9/h9H,3-8,14H2,1-2H3,(H,15,16). The third kappa shape index (κ3) is 3.20. The maximum atomic E-state index is 12.6. The van der Waals surface area contributed by atoms with Crippen molar-refractivity contribution >= 4 is 21.4 Å². The number of aryl methyl sites for hydroxylation is 1. The van der Waals surface area contributed by atoms with Gasteiger partial charge in [-0.15, -0.1) is 0 Å². The average molecular weight is 314 g/mol. The summed E-state index contributed by atoms with van der Waals surface area (Å²) in [6.07, 6.45) is 2.11. The van der Waals surface area contributed by atoms with Crippen LogP contribution >= 0.6 is 0 Å². The van der Waals surface area contributed by atoms with Crippen molar-refractivity contribution in [2.24, 2.45) is 0 Å². The normalized spacial score (nSPS) is 20.6. The maximum Gasteiger partial charge on any atom is 0.276 e. The van der Waals surface area contributed by atoms with E-state index in [9.17, 15) is 13.2 Å². The predicted octanol–water partition coefficient (Wildman–Crippen LogP) is 0.594. The number of carbonyl (C=O) groups is 1. The first-order valence-corrected chi connectivity index (χ1v) is 9.05. The molecule has 0 saturated carbocycles. The Bertz CT molecular complexity index is 623. The Morgan fingerprint density at radius 1 is 1.48 bits per heavy atom. The largest absolute Gasteiger partial charge is 0.395 e. The number of H-pyrrole nitrogens is 1. The molecule has 8 heteroatoms. The van der Waals surface area contributed by atoms with E-state index in [2.05, 4.69) is 10.2 Å². The summed E-state index contributed by atoms with van der Waals surface area (Å²) in [4.78, 5) is 14.1. The number of aromatic amines is 1. The minimum atomic E-state index is -3.03. The van der Waals surface area contributed by atoms with E-state index in [-0.39, 0.29) is 29.1 Å². The number of carbonyl (C=O) groups excluding carboxylic acids is 1. The highest BCUT2D eigenvalue weighted by Crippen LogP contribution is 2.22. The van der Waals surface area contributed by atoms with Crippen molar-refractivity contribution in [3.8, 4) is 0 Å². The van der Waals surface area contributed by atoms with Gasteiger partial charge in [0.1, 0.15) is 0 Å². The van der Waals surface area contributed by atoms with E-state index < -0.39 is 9.84 Å². The SMILES string of the molecule is CCCc1[nH]nc(C(=O)N(CC)C2CCS(=O)(=O)C2)c1N. The molecule has 1 aromatic heterocycles. The third-order valence-electron chi connectivity index (χ3n) is 3.84. The maximum absolute atomic E-state index is 12.6. The fourth-order valence-electron chi connectivity index (χ4n) is 2.72. The molecule has 2 rings (SSSR count). The summed E-state index contributed by atoms with van der Waals surface area (Å²) < 4.78 is 23.2. The predicted molar refractivity (Wildman–Crippen MR) is 80.8 cm³/mol.